The predicted octanol–water partition coefficient (Wildman–Crippen LogP) is 1.64. The van der Waals surface area contributed by atoms with Crippen molar-refractivity contribution < 1.29 is 9.59 Å². The molecule has 0 saturated heterocycles. The normalized spacial score (nSPS) is 19.9. The van der Waals surface area contributed by atoms with E-state index in [2.05, 4.69) is 22.5 Å². The molecule has 0 spiro atoms. The molecule has 0 aromatic carbocycles. The third kappa shape index (κ3) is 4.85. The number of aromatic nitrogens is 1. The number of unbranched alkanes of at least 4 members (excludes halogenated alkanes) is 2. The Bertz CT molecular complexity index is 476. The fraction of sp³-hybridized carbons (Fsp3) is 0.562. The highest BCUT2D eigenvalue weighted by molar-refractivity contribution is 5.92. The van der Waals surface area contributed by atoms with E-state index in [0.717, 1.165) is 25.0 Å². The SMILES string of the molecule is CCCCCNC(=O)C1CC1C(=O)NCc1ccccn1. The van der Waals surface area contributed by atoms with E-state index < -0.39 is 0 Å². The quantitative estimate of drug-likeness (QED) is 0.715. The van der Waals surface area contributed by atoms with Gasteiger partial charge in [0.05, 0.1) is 24.1 Å². The van der Waals surface area contributed by atoms with Gasteiger partial charge in [-0.3, -0.25) is 14.6 Å². The van der Waals surface area contributed by atoms with Crippen LogP contribution >= 0.6 is 0 Å². The average molecular weight is 289 g/mol. The summed E-state index contributed by atoms with van der Waals surface area (Å²) in [5, 5.41) is 5.75. The van der Waals surface area contributed by atoms with Gasteiger partial charge in [0.15, 0.2) is 0 Å². The molecule has 1 aromatic rings. The lowest BCUT2D eigenvalue weighted by molar-refractivity contribution is -0.127. The van der Waals surface area contributed by atoms with Crippen LogP contribution in [0.4, 0.5) is 0 Å². The summed E-state index contributed by atoms with van der Waals surface area (Å²) in [4.78, 5) is 28.0. The smallest absolute Gasteiger partial charge is 0.224 e. The zero-order chi connectivity index (χ0) is 15.1. The molecule has 1 aliphatic carbocycles. The first kappa shape index (κ1) is 15.5. The van der Waals surface area contributed by atoms with E-state index in [1.807, 2.05) is 18.2 Å². The fourth-order valence-electron chi connectivity index (χ4n) is 2.30. The van der Waals surface area contributed by atoms with Crippen molar-refractivity contribution in [1.82, 2.24) is 15.6 Å². The Morgan fingerprint density at radius 1 is 1.19 bits per heavy atom. The van der Waals surface area contributed by atoms with Crippen molar-refractivity contribution in [1.29, 1.82) is 0 Å². The first-order valence-electron chi connectivity index (χ1n) is 7.67. The number of hydrogen-bond acceptors (Lipinski definition) is 3. The van der Waals surface area contributed by atoms with Gasteiger partial charge >= 0.3 is 0 Å². The van der Waals surface area contributed by atoms with Gasteiger partial charge in [-0.05, 0) is 25.0 Å². The lowest BCUT2D eigenvalue weighted by Crippen LogP contribution is -2.30. The number of carbonyl (C=O) groups is 2. The van der Waals surface area contributed by atoms with E-state index in [1.54, 1.807) is 6.20 Å². The number of carbonyl (C=O) groups excluding carboxylic acids is 2. The van der Waals surface area contributed by atoms with Gasteiger partial charge < -0.3 is 10.6 Å². The molecule has 2 unspecified atom stereocenters. The second-order valence-electron chi connectivity index (χ2n) is 5.49. The van der Waals surface area contributed by atoms with Crippen LogP contribution < -0.4 is 10.6 Å². The van der Waals surface area contributed by atoms with E-state index in [0.29, 0.717) is 19.5 Å². The van der Waals surface area contributed by atoms with Gasteiger partial charge in [0.1, 0.15) is 0 Å². The van der Waals surface area contributed by atoms with Crippen molar-refractivity contribution in [3.05, 3.63) is 30.1 Å². The predicted molar refractivity (Wildman–Crippen MR) is 80.2 cm³/mol. The van der Waals surface area contributed by atoms with Crippen LogP contribution in [0, 0.1) is 11.8 Å². The Morgan fingerprint density at radius 3 is 2.62 bits per heavy atom. The fourth-order valence-corrected chi connectivity index (χ4v) is 2.30. The Balaban J connectivity index is 1.65. The van der Waals surface area contributed by atoms with Gasteiger partial charge in [-0.2, -0.15) is 0 Å². The van der Waals surface area contributed by atoms with Crippen LogP contribution in [0.1, 0.15) is 38.3 Å². The Kier molecular flexibility index (Phi) is 5.72. The number of hydrogen-bond donors (Lipinski definition) is 2. The molecule has 1 aromatic heterocycles. The maximum Gasteiger partial charge on any atom is 0.224 e. The van der Waals surface area contributed by atoms with E-state index in [9.17, 15) is 9.59 Å². The summed E-state index contributed by atoms with van der Waals surface area (Å²) in [5.74, 6) is -0.339. The molecule has 5 nitrogen and oxygen atoms in total. The van der Waals surface area contributed by atoms with Gasteiger partial charge in [-0.15, -0.1) is 0 Å². The molecule has 0 aliphatic heterocycles. The van der Waals surface area contributed by atoms with E-state index in [4.69, 9.17) is 0 Å². The molecule has 2 atom stereocenters. The van der Waals surface area contributed by atoms with Gasteiger partial charge in [0.2, 0.25) is 11.8 Å². The zero-order valence-corrected chi connectivity index (χ0v) is 12.5. The average Bonchev–Trinajstić information content (AvgIpc) is 3.31. The molecule has 5 heteroatoms. The van der Waals surface area contributed by atoms with Crippen LogP contribution in [0.25, 0.3) is 0 Å². The van der Waals surface area contributed by atoms with Crippen molar-refractivity contribution >= 4 is 11.8 Å². The molecular formula is C16H23N3O2. The minimum Gasteiger partial charge on any atom is -0.356 e. The molecule has 1 aliphatic rings. The molecule has 21 heavy (non-hydrogen) atoms. The molecule has 2 N–H and O–H groups in total. The second-order valence-corrected chi connectivity index (χ2v) is 5.49. The van der Waals surface area contributed by atoms with Crippen molar-refractivity contribution in [2.45, 2.75) is 39.2 Å². The maximum absolute atomic E-state index is 12.0. The first-order valence-corrected chi connectivity index (χ1v) is 7.67. The van der Waals surface area contributed by atoms with Crippen molar-refractivity contribution in [3.63, 3.8) is 0 Å². The number of nitrogens with zero attached hydrogens (tertiary/aromatic N) is 1. The van der Waals surface area contributed by atoms with Gasteiger partial charge in [0.25, 0.3) is 0 Å². The molecule has 114 valence electrons. The minimum absolute atomic E-state index is 0.0177. The van der Waals surface area contributed by atoms with Crippen LogP contribution in [0.2, 0.25) is 0 Å². The summed E-state index contributed by atoms with van der Waals surface area (Å²) < 4.78 is 0. The standard InChI is InChI=1S/C16H23N3O2/c1-2-3-5-9-18-15(20)13-10-14(13)16(21)19-11-12-7-4-6-8-17-12/h4,6-8,13-14H,2-3,5,9-11H2,1H3,(H,18,20)(H,19,21). The highest BCUT2D eigenvalue weighted by atomic mass is 16.2. The summed E-state index contributed by atoms with van der Waals surface area (Å²) >= 11 is 0. The second kappa shape index (κ2) is 7.76. The highest BCUT2D eigenvalue weighted by Gasteiger charge is 2.47. The molecule has 2 amide bonds. The van der Waals surface area contributed by atoms with E-state index >= 15 is 0 Å². The molecule has 2 rings (SSSR count). The topological polar surface area (TPSA) is 71.1 Å². The molecule has 1 heterocycles. The lowest BCUT2D eigenvalue weighted by Gasteiger charge is -2.05. The Labute approximate surface area is 125 Å². The Hall–Kier alpha value is -1.91. The summed E-state index contributed by atoms with van der Waals surface area (Å²) in [6.07, 6.45) is 5.63. The zero-order valence-electron chi connectivity index (χ0n) is 12.5. The summed E-state index contributed by atoms with van der Waals surface area (Å²) in [6, 6.07) is 5.59. The van der Waals surface area contributed by atoms with Crippen LogP contribution in [0.5, 0.6) is 0 Å². The minimum atomic E-state index is -0.167. The van der Waals surface area contributed by atoms with Gasteiger partial charge in [0, 0.05) is 12.7 Å². The highest BCUT2D eigenvalue weighted by Crippen LogP contribution is 2.38. The van der Waals surface area contributed by atoms with Crippen LogP contribution in [-0.4, -0.2) is 23.3 Å². The largest absolute Gasteiger partial charge is 0.356 e. The third-order valence-electron chi connectivity index (χ3n) is 3.71. The molecule has 0 bridgehead atoms. The number of rotatable bonds is 8. The molecule has 1 fully saturated rings. The van der Waals surface area contributed by atoms with E-state index in [-0.39, 0.29) is 23.7 Å². The van der Waals surface area contributed by atoms with Crippen LogP contribution in [0.15, 0.2) is 24.4 Å². The molecular weight excluding hydrogens is 266 g/mol. The number of pyridine rings is 1. The van der Waals surface area contributed by atoms with E-state index in [1.165, 1.54) is 0 Å². The maximum atomic E-state index is 12.0. The summed E-state index contributed by atoms with van der Waals surface area (Å²) in [5.41, 5.74) is 0.826. The van der Waals surface area contributed by atoms with Crippen molar-refractivity contribution in [3.8, 4) is 0 Å². The molecule has 0 radical (unpaired) electrons. The van der Waals surface area contributed by atoms with Crippen LogP contribution in [-0.2, 0) is 16.1 Å². The molecule has 1 saturated carbocycles. The van der Waals surface area contributed by atoms with Crippen molar-refractivity contribution in [2.75, 3.05) is 6.54 Å². The van der Waals surface area contributed by atoms with Gasteiger partial charge in [-0.25, -0.2) is 0 Å². The number of nitrogens with one attached hydrogen (secondary N) is 2. The van der Waals surface area contributed by atoms with Crippen LogP contribution in [0.3, 0.4) is 0 Å². The Morgan fingerprint density at radius 2 is 1.95 bits per heavy atom. The summed E-state index contributed by atoms with van der Waals surface area (Å²) in [7, 11) is 0. The number of amides is 2. The monoisotopic (exact) mass is 289 g/mol. The summed E-state index contributed by atoms with van der Waals surface area (Å²) in [6.45, 7) is 3.26. The lowest BCUT2D eigenvalue weighted by atomic mass is 10.2. The first-order chi connectivity index (χ1) is 10.2. The van der Waals surface area contributed by atoms with Crippen molar-refractivity contribution in [2.24, 2.45) is 11.8 Å². The van der Waals surface area contributed by atoms with Gasteiger partial charge in [-0.1, -0.05) is 25.8 Å². The third-order valence-corrected chi connectivity index (χ3v) is 3.71.